The minimum absolute atomic E-state index is 0.259. The molecule has 6 nitrogen and oxygen atoms in total. The summed E-state index contributed by atoms with van der Waals surface area (Å²) < 4.78 is 66.9. The Labute approximate surface area is 223 Å². The second-order valence-electron chi connectivity index (χ2n) is 9.25. The van der Waals surface area contributed by atoms with E-state index in [-0.39, 0.29) is 4.90 Å². The maximum atomic E-state index is 13.9. The molecule has 1 fully saturated rings. The zero-order valence-electron chi connectivity index (χ0n) is 21.6. The minimum Gasteiger partial charge on any atom is -0.494 e. The Kier molecular flexibility index (Phi) is 9.85. The van der Waals surface area contributed by atoms with Crippen molar-refractivity contribution in [3.8, 4) is 5.75 Å². The van der Waals surface area contributed by atoms with Crippen LogP contribution in [0.3, 0.4) is 0 Å². The highest BCUT2D eigenvalue weighted by molar-refractivity contribution is 7.89. The molecule has 0 N–H and O–H groups in total. The van der Waals surface area contributed by atoms with Crippen LogP contribution in [0.25, 0.3) is 0 Å². The van der Waals surface area contributed by atoms with Gasteiger partial charge in [0.2, 0.25) is 10.0 Å². The number of benzene rings is 3. The summed E-state index contributed by atoms with van der Waals surface area (Å²) in [5, 5.41) is 0. The van der Waals surface area contributed by atoms with Crippen LogP contribution in [0.5, 0.6) is 5.75 Å². The molecule has 0 saturated carbocycles. The number of hydrogen-bond donors (Lipinski definition) is 0. The molecule has 1 saturated heterocycles. The SMILES string of the molecule is CCCCOc1ccc(S(=O)(=O)N2CCN(CCO[C@@H](c3ccccc3)c3ccc(F)c(F)c3)CC2)cc1. The molecule has 1 aliphatic heterocycles. The zero-order valence-corrected chi connectivity index (χ0v) is 22.4. The van der Waals surface area contributed by atoms with E-state index in [1.54, 1.807) is 24.3 Å². The lowest BCUT2D eigenvalue weighted by Gasteiger charge is -2.34. The molecule has 38 heavy (non-hydrogen) atoms. The maximum absolute atomic E-state index is 13.9. The summed E-state index contributed by atoms with van der Waals surface area (Å²) in [6, 6.07) is 19.8. The molecule has 0 spiro atoms. The molecule has 0 aliphatic carbocycles. The quantitative estimate of drug-likeness (QED) is 0.291. The topological polar surface area (TPSA) is 59.1 Å². The van der Waals surface area contributed by atoms with Crippen LogP contribution in [0.2, 0.25) is 0 Å². The molecule has 3 aromatic rings. The first-order valence-electron chi connectivity index (χ1n) is 13.0. The van der Waals surface area contributed by atoms with Crippen LogP contribution in [-0.2, 0) is 14.8 Å². The number of sulfonamides is 1. The van der Waals surface area contributed by atoms with E-state index >= 15 is 0 Å². The van der Waals surface area contributed by atoms with Crippen molar-refractivity contribution in [3.63, 3.8) is 0 Å². The molecule has 1 aliphatic rings. The van der Waals surface area contributed by atoms with Crippen LogP contribution >= 0.6 is 0 Å². The van der Waals surface area contributed by atoms with E-state index in [2.05, 4.69) is 11.8 Å². The number of piperazine rings is 1. The van der Waals surface area contributed by atoms with Crippen molar-refractivity contribution in [3.05, 3.63) is 95.6 Å². The molecular formula is C29H34F2N2O4S. The van der Waals surface area contributed by atoms with Crippen LogP contribution in [0.1, 0.15) is 37.0 Å². The number of halogens is 2. The van der Waals surface area contributed by atoms with E-state index < -0.39 is 27.8 Å². The predicted octanol–water partition coefficient (Wildman–Crippen LogP) is 5.26. The van der Waals surface area contributed by atoms with Gasteiger partial charge in [0.25, 0.3) is 0 Å². The van der Waals surface area contributed by atoms with Gasteiger partial charge in [-0.1, -0.05) is 49.7 Å². The summed E-state index contributed by atoms with van der Waals surface area (Å²) in [7, 11) is -3.59. The summed E-state index contributed by atoms with van der Waals surface area (Å²) in [5.41, 5.74) is 1.38. The van der Waals surface area contributed by atoms with Crippen molar-refractivity contribution < 1.29 is 26.7 Å². The maximum Gasteiger partial charge on any atom is 0.243 e. The lowest BCUT2D eigenvalue weighted by Crippen LogP contribution is -2.49. The van der Waals surface area contributed by atoms with Gasteiger partial charge >= 0.3 is 0 Å². The van der Waals surface area contributed by atoms with Gasteiger partial charge in [-0.3, -0.25) is 4.90 Å². The van der Waals surface area contributed by atoms with Gasteiger partial charge in [-0.2, -0.15) is 4.31 Å². The van der Waals surface area contributed by atoms with Gasteiger partial charge in [0.05, 0.1) is 18.1 Å². The standard InChI is InChI=1S/C29H34F2N2O4S/c1-2-3-20-36-25-10-12-26(13-11-25)38(34,35)33-17-15-32(16-18-33)19-21-37-29(23-7-5-4-6-8-23)24-9-14-27(30)28(31)22-24/h4-14,22,29H,2-3,15-21H2,1H3/t29-/m0/s1. The van der Waals surface area contributed by atoms with Gasteiger partial charge in [-0.15, -0.1) is 0 Å². The molecule has 0 amide bonds. The fraction of sp³-hybridized carbons (Fsp3) is 0.379. The van der Waals surface area contributed by atoms with Gasteiger partial charge in [0.1, 0.15) is 11.9 Å². The van der Waals surface area contributed by atoms with Crippen molar-refractivity contribution in [2.24, 2.45) is 0 Å². The number of hydrogen-bond acceptors (Lipinski definition) is 5. The molecule has 204 valence electrons. The first kappa shape index (κ1) is 28.2. The first-order chi connectivity index (χ1) is 18.4. The number of nitrogens with zero attached hydrogens (tertiary/aromatic N) is 2. The molecule has 9 heteroatoms. The Balaban J connectivity index is 1.30. The van der Waals surface area contributed by atoms with E-state index in [4.69, 9.17) is 9.47 Å². The average Bonchev–Trinajstić information content (AvgIpc) is 2.94. The number of unbranched alkanes of at least 4 members (excludes halogenated alkanes) is 1. The molecule has 3 aromatic carbocycles. The third-order valence-electron chi connectivity index (χ3n) is 6.60. The summed E-state index contributed by atoms with van der Waals surface area (Å²) in [5.74, 6) is -1.15. The summed E-state index contributed by atoms with van der Waals surface area (Å²) in [6.45, 7) is 5.54. The van der Waals surface area contributed by atoms with Crippen molar-refractivity contribution in [2.45, 2.75) is 30.8 Å². The van der Waals surface area contributed by atoms with Gasteiger partial charge in [0.15, 0.2) is 11.6 Å². The van der Waals surface area contributed by atoms with E-state index in [0.29, 0.717) is 57.3 Å². The molecule has 0 bridgehead atoms. The normalized spacial score (nSPS) is 15.9. The molecule has 0 aromatic heterocycles. The number of ether oxygens (including phenoxy) is 2. The second-order valence-corrected chi connectivity index (χ2v) is 11.2. The van der Waals surface area contributed by atoms with Gasteiger partial charge < -0.3 is 9.47 Å². The van der Waals surface area contributed by atoms with Gasteiger partial charge in [-0.05, 0) is 53.9 Å². The highest BCUT2D eigenvalue weighted by atomic mass is 32.2. The molecule has 0 radical (unpaired) electrons. The molecule has 1 atom stereocenters. The van der Waals surface area contributed by atoms with E-state index in [1.165, 1.54) is 16.4 Å². The lowest BCUT2D eigenvalue weighted by atomic mass is 10.0. The highest BCUT2D eigenvalue weighted by Crippen LogP contribution is 2.27. The lowest BCUT2D eigenvalue weighted by molar-refractivity contribution is 0.0525. The second kappa shape index (κ2) is 13.3. The Hall–Kier alpha value is -2.85. The summed E-state index contributed by atoms with van der Waals surface area (Å²) >= 11 is 0. The van der Waals surface area contributed by atoms with Crippen LogP contribution in [-0.4, -0.2) is 63.6 Å². The average molecular weight is 545 g/mol. The summed E-state index contributed by atoms with van der Waals surface area (Å²) in [4.78, 5) is 2.40. The summed E-state index contributed by atoms with van der Waals surface area (Å²) in [6.07, 6.45) is 1.45. The Morgan fingerprint density at radius 2 is 1.55 bits per heavy atom. The monoisotopic (exact) mass is 544 g/mol. The molecule has 1 heterocycles. The van der Waals surface area contributed by atoms with Crippen LogP contribution in [0, 0.1) is 11.6 Å². The van der Waals surface area contributed by atoms with E-state index in [1.807, 2.05) is 30.3 Å². The van der Waals surface area contributed by atoms with Crippen LogP contribution in [0.4, 0.5) is 8.78 Å². The number of rotatable bonds is 12. The van der Waals surface area contributed by atoms with Crippen molar-refractivity contribution in [2.75, 3.05) is 45.9 Å². The van der Waals surface area contributed by atoms with Gasteiger partial charge in [0, 0.05) is 32.7 Å². The third kappa shape index (κ3) is 7.17. The third-order valence-corrected chi connectivity index (χ3v) is 8.51. The largest absolute Gasteiger partial charge is 0.494 e. The zero-order chi connectivity index (χ0) is 27.0. The van der Waals surface area contributed by atoms with Crippen molar-refractivity contribution in [1.82, 2.24) is 9.21 Å². The van der Waals surface area contributed by atoms with Crippen molar-refractivity contribution >= 4 is 10.0 Å². The first-order valence-corrected chi connectivity index (χ1v) is 14.4. The smallest absolute Gasteiger partial charge is 0.243 e. The molecule has 4 rings (SSSR count). The van der Waals surface area contributed by atoms with Crippen molar-refractivity contribution in [1.29, 1.82) is 0 Å². The van der Waals surface area contributed by atoms with E-state index in [9.17, 15) is 17.2 Å². The van der Waals surface area contributed by atoms with Gasteiger partial charge in [-0.25, -0.2) is 17.2 Å². The fourth-order valence-electron chi connectivity index (χ4n) is 4.37. The Bertz CT molecular complexity index is 1270. The van der Waals surface area contributed by atoms with E-state index in [0.717, 1.165) is 24.5 Å². The minimum atomic E-state index is -3.59. The highest BCUT2D eigenvalue weighted by Gasteiger charge is 2.28. The molecular weight excluding hydrogens is 510 g/mol. The van der Waals surface area contributed by atoms with Crippen LogP contribution in [0.15, 0.2) is 77.7 Å². The molecule has 0 unspecified atom stereocenters. The predicted molar refractivity (Wildman–Crippen MR) is 143 cm³/mol. The Morgan fingerprint density at radius 3 is 2.21 bits per heavy atom. The fourth-order valence-corrected chi connectivity index (χ4v) is 5.79. The van der Waals surface area contributed by atoms with Crippen LogP contribution < -0.4 is 4.74 Å². The Morgan fingerprint density at radius 1 is 0.842 bits per heavy atom.